The first kappa shape index (κ1) is 22.5. The molecule has 1 saturated carbocycles. The van der Waals surface area contributed by atoms with Gasteiger partial charge in [-0.15, -0.1) is 0 Å². The van der Waals surface area contributed by atoms with Crippen molar-refractivity contribution in [2.24, 2.45) is 5.92 Å². The molecule has 1 aliphatic carbocycles. The third-order valence-corrected chi connectivity index (χ3v) is 6.73. The first-order valence-corrected chi connectivity index (χ1v) is 11.6. The van der Waals surface area contributed by atoms with Crippen LogP contribution in [0.25, 0.3) is 0 Å². The lowest BCUT2D eigenvalue weighted by molar-refractivity contribution is 0.172. The fraction of sp³-hybridized carbons (Fsp3) is 0.519. The van der Waals surface area contributed by atoms with E-state index in [0.29, 0.717) is 17.5 Å². The predicted molar refractivity (Wildman–Crippen MR) is 122 cm³/mol. The fourth-order valence-corrected chi connectivity index (χ4v) is 4.89. The van der Waals surface area contributed by atoms with Crippen molar-refractivity contribution in [1.29, 1.82) is 5.26 Å². The molecule has 0 spiro atoms. The monoisotopic (exact) mass is 406 g/mol. The van der Waals surface area contributed by atoms with Crippen LogP contribution in [0.15, 0.2) is 54.6 Å². The normalized spacial score (nSPS) is 16.8. The molecular weight excluding hydrogens is 371 g/mol. The zero-order valence-corrected chi connectivity index (χ0v) is 18.5. The Morgan fingerprint density at radius 1 is 1.07 bits per heavy atom. The minimum absolute atomic E-state index is 0.228. The summed E-state index contributed by atoms with van der Waals surface area (Å²) in [4.78, 5) is 2.59. The molecule has 0 amide bonds. The second kappa shape index (κ2) is 10.7. The summed E-state index contributed by atoms with van der Waals surface area (Å²) in [7, 11) is 0. The molecule has 1 fully saturated rings. The first-order chi connectivity index (χ1) is 14.6. The van der Waals surface area contributed by atoms with Crippen molar-refractivity contribution in [3.63, 3.8) is 0 Å². The van der Waals surface area contributed by atoms with E-state index in [1.165, 1.54) is 11.6 Å². The van der Waals surface area contributed by atoms with Gasteiger partial charge in [-0.25, -0.2) is 4.39 Å². The third-order valence-electron chi connectivity index (χ3n) is 6.73. The number of nitriles is 1. The second-order valence-corrected chi connectivity index (χ2v) is 8.71. The highest BCUT2D eigenvalue weighted by Gasteiger charge is 2.48. The first-order valence-electron chi connectivity index (χ1n) is 11.6. The van der Waals surface area contributed by atoms with Gasteiger partial charge in [0.05, 0.1) is 11.5 Å². The van der Waals surface area contributed by atoms with Crippen LogP contribution in [0.3, 0.4) is 0 Å². The van der Waals surface area contributed by atoms with Crippen LogP contribution in [0.1, 0.15) is 63.5 Å². The Morgan fingerprint density at radius 2 is 1.77 bits per heavy atom. The molecule has 3 rings (SSSR count). The van der Waals surface area contributed by atoms with Crippen LogP contribution >= 0.6 is 0 Å². The SMILES string of the molecule is CCCN(CCc1ccccc1)C(CC)CCC(C#N)(c1ccccc1F)C1CC1. The highest BCUT2D eigenvalue weighted by Crippen LogP contribution is 2.50. The molecule has 0 heterocycles. The molecule has 2 nitrogen and oxygen atoms in total. The Kier molecular flexibility index (Phi) is 8.05. The van der Waals surface area contributed by atoms with Crippen molar-refractivity contribution in [1.82, 2.24) is 4.90 Å². The van der Waals surface area contributed by atoms with E-state index >= 15 is 0 Å². The van der Waals surface area contributed by atoms with Crippen LogP contribution in [-0.4, -0.2) is 24.0 Å². The van der Waals surface area contributed by atoms with Crippen molar-refractivity contribution in [2.45, 2.75) is 70.3 Å². The summed E-state index contributed by atoms with van der Waals surface area (Å²) in [6.07, 6.45) is 6.94. The van der Waals surface area contributed by atoms with Gasteiger partial charge in [-0.3, -0.25) is 0 Å². The Bertz CT molecular complexity index is 824. The Balaban J connectivity index is 1.73. The van der Waals surface area contributed by atoms with E-state index in [1.807, 2.05) is 12.1 Å². The van der Waals surface area contributed by atoms with Gasteiger partial charge in [-0.05, 0) is 69.0 Å². The van der Waals surface area contributed by atoms with Crippen molar-refractivity contribution >= 4 is 0 Å². The molecule has 30 heavy (non-hydrogen) atoms. The van der Waals surface area contributed by atoms with Gasteiger partial charge in [0.15, 0.2) is 0 Å². The minimum Gasteiger partial charge on any atom is -0.300 e. The summed E-state index contributed by atoms with van der Waals surface area (Å²) in [5.74, 6) is 0.0642. The van der Waals surface area contributed by atoms with Gasteiger partial charge < -0.3 is 4.90 Å². The summed E-state index contributed by atoms with van der Waals surface area (Å²) in [5.41, 5.74) is 1.29. The van der Waals surface area contributed by atoms with Gasteiger partial charge in [-0.1, -0.05) is 62.4 Å². The Hall–Kier alpha value is -2.18. The van der Waals surface area contributed by atoms with E-state index in [4.69, 9.17) is 0 Å². The Labute approximate surface area is 181 Å². The van der Waals surface area contributed by atoms with Crippen molar-refractivity contribution < 1.29 is 4.39 Å². The molecule has 2 aromatic rings. The molecule has 0 N–H and O–H groups in total. The lowest BCUT2D eigenvalue weighted by Crippen LogP contribution is -2.39. The standard InChI is InChI=1S/C27H35FN2/c1-3-19-30(20-17-22-10-6-5-7-11-22)24(4-2)16-18-27(21-29,23-14-15-23)25-12-8-9-13-26(25)28/h5-13,23-24H,3-4,14-20H2,1-2H3. The summed E-state index contributed by atoms with van der Waals surface area (Å²) in [6, 6.07) is 20.6. The molecule has 0 aromatic heterocycles. The van der Waals surface area contributed by atoms with Crippen LogP contribution in [-0.2, 0) is 11.8 Å². The lowest BCUT2D eigenvalue weighted by atomic mass is 9.72. The summed E-state index contributed by atoms with van der Waals surface area (Å²) < 4.78 is 14.7. The zero-order chi connectivity index (χ0) is 21.4. The van der Waals surface area contributed by atoms with Crippen molar-refractivity contribution in [2.75, 3.05) is 13.1 Å². The molecular formula is C27H35FN2. The van der Waals surface area contributed by atoms with Crippen LogP contribution in [0, 0.1) is 23.1 Å². The van der Waals surface area contributed by atoms with Gasteiger partial charge in [0.1, 0.15) is 5.82 Å². The predicted octanol–water partition coefficient (Wildman–Crippen LogP) is 6.51. The minimum atomic E-state index is -0.684. The lowest BCUT2D eigenvalue weighted by Gasteiger charge is -2.34. The van der Waals surface area contributed by atoms with Crippen molar-refractivity contribution in [3.8, 4) is 6.07 Å². The van der Waals surface area contributed by atoms with E-state index in [1.54, 1.807) is 6.07 Å². The average molecular weight is 407 g/mol. The smallest absolute Gasteiger partial charge is 0.128 e. The number of halogens is 1. The van der Waals surface area contributed by atoms with E-state index in [2.05, 4.69) is 55.1 Å². The second-order valence-electron chi connectivity index (χ2n) is 8.71. The molecule has 0 aliphatic heterocycles. The van der Waals surface area contributed by atoms with E-state index in [0.717, 1.165) is 58.0 Å². The maximum Gasteiger partial charge on any atom is 0.128 e. The maximum atomic E-state index is 14.7. The molecule has 0 radical (unpaired) electrons. The largest absolute Gasteiger partial charge is 0.300 e. The molecule has 1 aliphatic rings. The summed E-state index contributed by atoms with van der Waals surface area (Å²) >= 11 is 0. The van der Waals surface area contributed by atoms with Crippen LogP contribution in [0.4, 0.5) is 4.39 Å². The zero-order valence-electron chi connectivity index (χ0n) is 18.5. The van der Waals surface area contributed by atoms with E-state index < -0.39 is 5.41 Å². The van der Waals surface area contributed by atoms with Gasteiger partial charge in [0.2, 0.25) is 0 Å². The summed E-state index contributed by atoms with van der Waals surface area (Å²) in [5, 5.41) is 10.2. The number of hydrogen-bond donors (Lipinski definition) is 0. The number of rotatable bonds is 12. The number of hydrogen-bond acceptors (Lipinski definition) is 2. The van der Waals surface area contributed by atoms with Gasteiger partial charge in [0.25, 0.3) is 0 Å². The molecule has 3 heteroatoms. The molecule has 0 bridgehead atoms. The van der Waals surface area contributed by atoms with Crippen LogP contribution < -0.4 is 0 Å². The van der Waals surface area contributed by atoms with E-state index in [9.17, 15) is 9.65 Å². The van der Waals surface area contributed by atoms with Gasteiger partial charge in [-0.2, -0.15) is 5.26 Å². The topological polar surface area (TPSA) is 27.0 Å². The highest BCUT2D eigenvalue weighted by atomic mass is 19.1. The van der Waals surface area contributed by atoms with Gasteiger partial charge >= 0.3 is 0 Å². The van der Waals surface area contributed by atoms with Crippen LogP contribution in [0.2, 0.25) is 0 Å². The number of benzene rings is 2. The quantitative estimate of drug-likeness (QED) is 0.402. The highest BCUT2D eigenvalue weighted by molar-refractivity contribution is 5.36. The maximum absolute atomic E-state index is 14.7. The molecule has 2 unspecified atom stereocenters. The Morgan fingerprint density at radius 3 is 2.37 bits per heavy atom. The van der Waals surface area contributed by atoms with Gasteiger partial charge in [0, 0.05) is 18.2 Å². The van der Waals surface area contributed by atoms with Crippen molar-refractivity contribution in [3.05, 3.63) is 71.5 Å². The molecule has 2 atom stereocenters. The molecule has 160 valence electrons. The fourth-order valence-electron chi connectivity index (χ4n) is 4.89. The molecule has 2 aromatic carbocycles. The average Bonchev–Trinajstić information content (AvgIpc) is 3.62. The number of nitrogens with zero attached hydrogens (tertiary/aromatic N) is 2. The summed E-state index contributed by atoms with van der Waals surface area (Å²) in [6.45, 7) is 6.56. The van der Waals surface area contributed by atoms with Crippen LogP contribution in [0.5, 0.6) is 0 Å². The van der Waals surface area contributed by atoms with E-state index in [-0.39, 0.29) is 5.82 Å². The third kappa shape index (κ3) is 5.29. The molecule has 0 saturated heterocycles.